The molecular weight excluding hydrogens is 919 g/mol. The molecule has 0 radical (unpaired) electrons. The summed E-state index contributed by atoms with van der Waals surface area (Å²) in [5.74, 6) is -1.23. The molecule has 0 spiro atoms. The smallest absolute Gasteiger partial charge is 0.306 e. The van der Waals surface area contributed by atoms with E-state index in [0.717, 1.165) is 109 Å². The zero-order chi connectivity index (χ0) is 53.3. The molecule has 8 unspecified atom stereocenters. The third-order valence-corrected chi connectivity index (χ3v) is 13.3. The van der Waals surface area contributed by atoms with E-state index in [4.69, 9.17) is 14.2 Å². The first-order chi connectivity index (χ1) is 35.7. The maximum Gasteiger partial charge on any atom is 0.306 e. The molecule has 1 fully saturated rings. The number of unbranched alkanes of at least 4 members (excludes halogenated alkanes) is 24. The van der Waals surface area contributed by atoms with E-state index in [2.05, 4.69) is 86.8 Å². The van der Waals surface area contributed by atoms with Gasteiger partial charge in [0.1, 0.15) is 24.4 Å². The molecule has 8 atom stereocenters. The molecule has 0 aromatic heterocycles. The van der Waals surface area contributed by atoms with E-state index >= 15 is 0 Å². The molecular formula is C62H107NO10. The lowest BCUT2D eigenvalue weighted by Gasteiger charge is -2.41. The summed E-state index contributed by atoms with van der Waals surface area (Å²) in [5.41, 5.74) is 0. The van der Waals surface area contributed by atoms with Crippen LogP contribution in [0.4, 0.5) is 0 Å². The van der Waals surface area contributed by atoms with E-state index in [1.165, 1.54) is 77.0 Å². The zero-order valence-electron chi connectivity index (χ0n) is 46.2. The molecule has 1 saturated heterocycles. The van der Waals surface area contributed by atoms with Crippen LogP contribution in [0.25, 0.3) is 0 Å². The Balaban J connectivity index is 2.75. The molecule has 420 valence electrons. The molecule has 1 amide bonds. The van der Waals surface area contributed by atoms with E-state index in [0.29, 0.717) is 12.8 Å². The van der Waals surface area contributed by atoms with Gasteiger partial charge in [-0.1, -0.05) is 228 Å². The third-order valence-electron chi connectivity index (χ3n) is 13.3. The molecule has 73 heavy (non-hydrogen) atoms. The largest absolute Gasteiger partial charge is 0.454 e. The molecule has 11 heteroatoms. The Morgan fingerprint density at radius 2 is 1.04 bits per heavy atom. The molecule has 0 aromatic carbocycles. The Morgan fingerprint density at radius 3 is 1.62 bits per heavy atom. The highest BCUT2D eigenvalue weighted by Crippen LogP contribution is 2.26. The number of rotatable bonds is 48. The van der Waals surface area contributed by atoms with Crippen LogP contribution in [0, 0.1) is 0 Å². The van der Waals surface area contributed by atoms with Crippen molar-refractivity contribution < 1.29 is 49.3 Å². The second-order valence-electron chi connectivity index (χ2n) is 20.1. The Morgan fingerprint density at radius 1 is 0.562 bits per heavy atom. The average Bonchev–Trinajstić information content (AvgIpc) is 3.39. The van der Waals surface area contributed by atoms with Gasteiger partial charge >= 0.3 is 5.97 Å². The minimum absolute atomic E-state index is 0.0928. The number of aliphatic hydroxyl groups is 5. The first kappa shape index (κ1) is 67.9. The van der Waals surface area contributed by atoms with E-state index < -0.39 is 67.4 Å². The summed E-state index contributed by atoms with van der Waals surface area (Å²) < 4.78 is 17.6. The van der Waals surface area contributed by atoms with Gasteiger partial charge in [-0.15, -0.1) is 0 Å². The van der Waals surface area contributed by atoms with Crippen molar-refractivity contribution in [2.45, 2.75) is 282 Å². The second-order valence-corrected chi connectivity index (χ2v) is 20.1. The summed E-state index contributed by atoms with van der Waals surface area (Å²) in [7, 11) is 0. The number of amides is 1. The molecule has 0 saturated carbocycles. The number of ether oxygens (including phenoxy) is 3. The highest BCUT2D eigenvalue weighted by atomic mass is 16.7. The first-order valence-corrected chi connectivity index (χ1v) is 29.4. The molecule has 1 aliphatic heterocycles. The highest BCUT2D eigenvalue weighted by molar-refractivity contribution is 5.80. The SMILES string of the molecule is CC/C=C/C=C/C=C/CCCCCCCCC(O)C(=O)NC(COC1OC(CO)C(O)C(O)C1OC(=O)CCCCCC/C=C\C/C=C\C/C=C\CCCCC)C(O)/C=C/CCCCCCCCCCCCC. The fourth-order valence-electron chi connectivity index (χ4n) is 8.66. The number of carbonyl (C=O) groups excluding carboxylic acids is 2. The van der Waals surface area contributed by atoms with Crippen LogP contribution in [0.1, 0.15) is 233 Å². The van der Waals surface area contributed by atoms with Crippen molar-refractivity contribution in [1.29, 1.82) is 0 Å². The van der Waals surface area contributed by atoms with Gasteiger partial charge in [0.05, 0.1) is 25.4 Å². The van der Waals surface area contributed by atoms with Gasteiger partial charge in [0, 0.05) is 6.42 Å². The number of hydrogen-bond acceptors (Lipinski definition) is 10. The van der Waals surface area contributed by atoms with Crippen LogP contribution in [0.15, 0.2) is 85.1 Å². The Labute approximate surface area is 444 Å². The molecule has 1 heterocycles. The van der Waals surface area contributed by atoms with Crippen LogP contribution in [0.5, 0.6) is 0 Å². The second kappa shape index (κ2) is 49.7. The minimum Gasteiger partial charge on any atom is -0.454 e. The van der Waals surface area contributed by atoms with Gasteiger partial charge in [0.25, 0.3) is 0 Å². The number of aliphatic hydroxyl groups excluding tert-OH is 5. The lowest BCUT2D eigenvalue weighted by atomic mass is 9.99. The van der Waals surface area contributed by atoms with Crippen molar-refractivity contribution in [2.75, 3.05) is 13.2 Å². The number of carbonyl (C=O) groups is 2. The van der Waals surface area contributed by atoms with E-state index in [9.17, 15) is 35.1 Å². The van der Waals surface area contributed by atoms with Gasteiger partial charge in [0.2, 0.25) is 5.91 Å². The van der Waals surface area contributed by atoms with Gasteiger partial charge in [-0.3, -0.25) is 9.59 Å². The summed E-state index contributed by atoms with van der Waals surface area (Å²) in [6.07, 6.45) is 53.3. The monoisotopic (exact) mass is 1030 g/mol. The summed E-state index contributed by atoms with van der Waals surface area (Å²) in [6.45, 7) is 5.60. The van der Waals surface area contributed by atoms with Crippen LogP contribution >= 0.6 is 0 Å². The first-order valence-electron chi connectivity index (χ1n) is 29.4. The van der Waals surface area contributed by atoms with Gasteiger partial charge in [-0.2, -0.15) is 0 Å². The van der Waals surface area contributed by atoms with Gasteiger partial charge < -0.3 is 45.1 Å². The normalized spacial score (nSPS) is 20.0. The Bertz CT molecular complexity index is 1510. The fourth-order valence-corrected chi connectivity index (χ4v) is 8.66. The van der Waals surface area contributed by atoms with Crippen molar-refractivity contribution in [3.05, 3.63) is 85.1 Å². The van der Waals surface area contributed by atoms with Crippen LogP contribution in [0.3, 0.4) is 0 Å². The topological polar surface area (TPSA) is 175 Å². The summed E-state index contributed by atoms with van der Waals surface area (Å²) in [5, 5.41) is 56.9. The van der Waals surface area contributed by atoms with Crippen LogP contribution in [-0.2, 0) is 23.8 Å². The Kier molecular flexibility index (Phi) is 46.2. The van der Waals surface area contributed by atoms with Crippen molar-refractivity contribution in [2.24, 2.45) is 0 Å². The third kappa shape index (κ3) is 38.1. The number of esters is 1. The zero-order valence-corrected chi connectivity index (χ0v) is 46.2. The summed E-state index contributed by atoms with van der Waals surface area (Å²) in [4.78, 5) is 26.5. The van der Waals surface area contributed by atoms with Crippen LogP contribution in [0.2, 0.25) is 0 Å². The van der Waals surface area contributed by atoms with E-state index in [-0.39, 0.29) is 19.4 Å². The predicted molar refractivity (Wildman–Crippen MR) is 301 cm³/mol. The molecule has 0 bridgehead atoms. The standard InChI is InChI=1S/C62H107NO10/c1-4-7-10-13-16-19-22-25-27-28-29-32-35-38-41-44-47-50-57(67)73-60-59(69)58(68)56(51-64)72-62(60)71-52-53(54(65)48-45-42-39-36-33-30-24-21-18-15-12-9-6-3)63-61(70)55(66)49-46-43-40-37-34-31-26-23-20-17-14-11-8-5-2/h8,11,14,16-17,19-20,23,25,27,29,32,45,48,53-56,58-60,62,64-66,68-69H,4-7,9-10,12-13,15,18,21-22,24,26,28,30-31,33-44,46-47,49-52H2,1-3H3,(H,63,70)/b11-8+,17-14+,19-16-,23-20+,27-25-,32-29-,48-45+. The molecule has 6 N–H and O–H groups in total. The molecule has 1 aliphatic rings. The van der Waals surface area contributed by atoms with E-state index in [1.807, 2.05) is 18.2 Å². The fraction of sp³-hybridized carbons (Fsp3) is 0.742. The molecule has 0 aromatic rings. The number of allylic oxidation sites excluding steroid dienone is 13. The maximum atomic E-state index is 13.4. The van der Waals surface area contributed by atoms with Crippen molar-refractivity contribution in [3.8, 4) is 0 Å². The van der Waals surface area contributed by atoms with Crippen LogP contribution in [-0.4, -0.2) is 99.6 Å². The maximum absolute atomic E-state index is 13.4. The minimum atomic E-state index is -1.63. The average molecular weight is 1030 g/mol. The van der Waals surface area contributed by atoms with Crippen molar-refractivity contribution >= 4 is 11.9 Å². The van der Waals surface area contributed by atoms with Gasteiger partial charge in [-0.25, -0.2) is 0 Å². The summed E-state index contributed by atoms with van der Waals surface area (Å²) >= 11 is 0. The van der Waals surface area contributed by atoms with E-state index in [1.54, 1.807) is 6.08 Å². The Hall–Kier alpha value is -3.16. The lowest BCUT2D eigenvalue weighted by molar-refractivity contribution is -0.305. The number of nitrogens with one attached hydrogen (secondary N) is 1. The quantitative estimate of drug-likeness (QED) is 0.0149. The summed E-state index contributed by atoms with van der Waals surface area (Å²) in [6, 6.07) is -1.04. The molecule has 0 aliphatic carbocycles. The van der Waals surface area contributed by atoms with Gasteiger partial charge in [0.15, 0.2) is 12.4 Å². The molecule has 1 rings (SSSR count). The van der Waals surface area contributed by atoms with Gasteiger partial charge in [-0.05, 0) is 83.5 Å². The predicted octanol–water partition coefficient (Wildman–Crippen LogP) is 13.4. The van der Waals surface area contributed by atoms with Crippen molar-refractivity contribution in [3.63, 3.8) is 0 Å². The highest BCUT2D eigenvalue weighted by Gasteiger charge is 2.47. The lowest BCUT2D eigenvalue weighted by Crippen LogP contribution is -2.61. The van der Waals surface area contributed by atoms with Crippen LogP contribution < -0.4 is 5.32 Å². The van der Waals surface area contributed by atoms with Crippen molar-refractivity contribution in [1.82, 2.24) is 5.32 Å². The molecule has 11 nitrogen and oxygen atoms in total. The number of hydrogen-bond donors (Lipinski definition) is 6.